The fourth-order valence-corrected chi connectivity index (χ4v) is 3.62. The number of carbonyl (C=O) groups excluding carboxylic acids is 2. The van der Waals surface area contributed by atoms with Gasteiger partial charge in [0.1, 0.15) is 5.82 Å². The van der Waals surface area contributed by atoms with Crippen molar-refractivity contribution in [2.45, 2.75) is 6.92 Å². The lowest BCUT2D eigenvalue weighted by Crippen LogP contribution is -2.50. The molecule has 1 saturated heterocycles. The Hall–Kier alpha value is -4.38. The number of pyridine rings is 1. The number of rotatable bonds is 4. The van der Waals surface area contributed by atoms with E-state index in [1.165, 1.54) is 0 Å². The molecule has 1 fully saturated rings. The number of nitrogens with one attached hydrogen (secondary N) is 2. The van der Waals surface area contributed by atoms with Crippen LogP contribution in [0.25, 0.3) is 0 Å². The van der Waals surface area contributed by atoms with E-state index in [2.05, 4.69) is 26.6 Å². The SMILES string of the molecule is Cc1ccc(C(=O)Nc2ccccc2)cc1NC(=O)N1CCN(c2cc(C#N)ccn2)CC1. The summed E-state index contributed by atoms with van der Waals surface area (Å²) in [6, 6.07) is 19.8. The number of hydrogen-bond donors (Lipinski definition) is 2. The maximum absolute atomic E-state index is 12.9. The first-order chi connectivity index (χ1) is 16.0. The van der Waals surface area contributed by atoms with Gasteiger partial charge >= 0.3 is 6.03 Å². The molecular weight excluding hydrogens is 416 g/mol. The van der Waals surface area contributed by atoms with Crippen LogP contribution in [0.15, 0.2) is 66.9 Å². The van der Waals surface area contributed by atoms with E-state index in [0.717, 1.165) is 11.4 Å². The molecule has 0 saturated carbocycles. The number of amides is 3. The molecule has 33 heavy (non-hydrogen) atoms. The molecule has 2 N–H and O–H groups in total. The predicted octanol–water partition coefficient (Wildman–Crippen LogP) is 3.87. The molecule has 0 bridgehead atoms. The van der Waals surface area contributed by atoms with Gasteiger partial charge in [-0.25, -0.2) is 9.78 Å². The van der Waals surface area contributed by atoms with Gasteiger partial charge in [-0.15, -0.1) is 0 Å². The zero-order chi connectivity index (χ0) is 23.2. The Labute approximate surface area is 192 Å². The van der Waals surface area contributed by atoms with Crippen LogP contribution < -0.4 is 15.5 Å². The average molecular weight is 441 g/mol. The Morgan fingerprint density at radius 1 is 0.970 bits per heavy atom. The van der Waals surface area contributed by atoms with E-state index in [1.54, 1.807) is 35.4 Å². The third kappa shape index (κ3) is 5.28. The highest BCUT2D eigenvalue weighted by Crippen LogP contribution is 2.20. The number of piperazine rings is 1. The van der Waals surface area contributed by atoms with E-state index in [0.29, 0.717) is 48.7 Å². The van der Waals surface area contributed by atoms with Crippen LogP contribution >= 0.6 is 0 Å². The maximum atomic E-state index is 12.9. The molecule has 3 aromatic rings. The van der Waals surface area contributed by atoms with Crippen LogP contribution in [0.2, 0.25) is 0 Å². The monoisotopic (exact) mass is 440 g/mol. The van der Waals surface area contributed by atoms with E-state index in [9.17, 15) is 9.59 Å². The number of aromatic nitrogens is 1. The molecule has 0 spiro atoms. The standard InChI is InChI=1S/C25H24N6O2/c1-18-7-8-20(24(32)28-21-5-3-2-4-6-21)16-22(18)29-25(33)31-13-11-30(12-14-31)23-15-19(17-26)9-10-27-23/h2-10,15-16H,11-14H2,1H3,(H,28,32)(H,29,33). The number of para-hydroxylation sites is 1. The molecule has 8 heteroatoms. The van der Waals surface area contributed by atoms with E-state index in [1.807, 2.05) is 43.3 Å². The lowest BCUT2D eigenvalue weighted by Gasteiger charge is -2.35. The van der Waals surface area contributed by atoms with Crippen molar-refractivity contribution < 1.29 is 9.59 Å². The molecule has 2 heterocycles. The first-order valence-corrected chi connectivity index (χ1v) is 10.7. The van der Waals surface area contributed by atoms with Gasteiger partial charge in [0.25, 0.3) is 5.91 Å². The van der Waals surface area contributed by atoms with Crippen molar-refractivity contribution in [1.82, 2.24) is 9.88 Å². The zero-order valence-electron chi connectivity index (χ0n) is 18.3. The van der Waals surface area contributed by atoms with E-state index < -0.39 is 0 Å². The van der Waals surface area contributed by atoms with Crippen LogP contribution in [0.5, 0.6) is 0 Å². The molecular formula is C25H24N6O2. The Morgan fingerprint density at radius 3 is 2.45 bits per heavy atom. The topological polar surface area (TPSA) is 101 Å². The number of hydrogen-bond acceptors (Lipinski definition) is 5. The third-order valence-electron chi connectivity index (χ3n) is 5.54. The second-order valence-electron chi connectivity index (χ2n) is 7.77. The number of nitriles is 1. The molecule has 1 aromatic heterocycles. The minimum absolute atomic E-state index is 0.211. The van der Waals surface area contributed by atoms with Gasteiger partial charge in [-0.3, -0.25) is 4.79 Å². The van der Waals surface area contributed by atoms with Crippen LogP contribution in [-0.2, 0) is 0 Å². The number of benzene rings is 2. The van der Waals surface area contributed by atoms with Crippen LogP contribution in [0, 0.1) is 18.3 Å². The number of urea groups is 1. The van der Waals surface area contributed by atoms with E-state index >= 15 is 0 Å². The lowest BCUT2D eigenvalue weighted by atomic mass is 10.1. The molecule has 2 aromatic carbocycles. The second-order valence-corrected chi connectivity index (χ2v) is 7.77. The molecule has 8 nitrogen and oxygen atoms in total. The van der Waals surface area contributed by atoms with Crippen LogP contribution in [0.4, 0.5) is 22.0 Å². The summed E-state index contributed by atoms with van der Waals surface area (Å²) in [5, 5.41) is 14.9. The molecule has 0 aliphatic carbocycles. The van der Waals surface area contributed by atoms with Crippen molar-refractivity contribution >= 4 is 29.1 Å². The third-order valence-corrected chi connectivity index (χ3v) is 5.54. The first kappa shape index (κ1) is 21.8. The van der Waals surface area contributed by atoms with Crippen molar-refractivity contribution in [3.05, 3.63) is 83.6 Å². The van der Waals surface area contributed by atoms with Crippen molar-refractivity contribution in [1.29, 1.82) is 5.26 Å². The van der Waals surface area contributed by atoms with Gasteiger partial charge < -0.3 is 20.4 Å². The van der Waals surface area contributed by atoms with Crippen molar-refractivity contribution in [2.24, 2.45) is 0 Å². The summed E-state index contributed by atoms with van der Waals surface area (Å²) in [4.78, 5) is 33.6. The molecule has 0 unspecified atom stereocenters. The van der Waals surface area contributed by atoms with Gasteiger partial charge in [-0.05, 0) is 48.9 Å². The first-order valence-electron chi connectivity index (χ1n) is 10.7. The second kappa shape index (κ2) is 9.83. The fraction of sp³-hybridized carbons (Fsp3) is 0.200. The van der Waals surface area contributed by atoms with Crippen molar-refractivity contribution in [2.75, 3.05) is 41.7 Å². The highest BCUT2D eigenvalue weighted by Gasteiger charge is 2.23. The largest absolute Gasteiger partial charge is 0.353 e. The quantitative estimate of drug-likeness (QED) is 0.641. The number of anilines is 3. The maximum Gasteiger partial charge on any atom is 0.321 e. The number of nitrogens with zero attached hydrogens (tertiary/aromatic N) is 4. The highest BCUT2D eigenvalue weighted by atomic mass is 16.2. The van der Waals surface area contributed by atoms with Crippen LogP contribution in [0.1, 0.15) is 21.5 Å². The predicted molar refractivity (Wildman–Crippen MR) is 127 cm³/mol. The lowest BCUT2D eigenvalue weighted by molar-refractivity contribution is 0.102. The van der Waals surface area contributed by atoms with E-state index in [-0.39, 0.29) is 11.9 Å². The van der Waals surface area contributed by atoms with Crippen LogP contribution in [-0.4, -0.2) is 48.0 Å². The van der Waals surface area contributed by atoms with Gasteiger partial charge in [-0.2, -0.15) is 5.26 Å². The molecule has 1 aliphatic heterocycles. The minimum atomic E-state index is -0.239. The Kier molecular flexibility index (Phi) is 6.51. The summed E-state index contributed by atoms with van der Waals surface area (Å²) in [6.45, 7) is 4.18. The summed E-state index contributed by atoms with van der Waals surface area (Å²) in [5.74, 6) is 0.500. The highest BCUT2D eigenvalue weighted by molar-refractivity contribution is 6.05. The van der Waals surface area contributed by atoms with Crippen LogP contribution in [0.3, 0.4) is 0 Å². The number of carbonyl (C=O) groups is 2. The van der Waals surface area contributed by atoms with E-state index in [4.69, 9.17) is 5.26 Å². The van der Waals surface area contributed by atoms with Crippen molar-refractivity contribution in [3.63, 3.8) is 0 Å². The van der Waals surface area contributed by atoms with Crippen molar-refractivity contribution in [3.8, 4) is 6.07 Å². The molecule has 0 radical (unpaired) electrons. The zero-order valence-corrected chi connectivity index (χ0v) is 18.3. The molecule has 0 atom stereocenters. The average Bonchev–Trinajstić information content (AvgIpc) is 2.86. The minimum Gasteiger partial charge on any atom is -0.353 e. The van der Waals surface area contributed by atoms with Gasteiger partial charge in [0.15, 0.2) is 0 Å². The summed E-state index contributed by atoms with van der Waals surface area (Å²) < 4.78 is 0. The Morgan fingerprint density at radius 2 is 1.73 bits per heavy atom. The van der Waals surface area contributed by atoms with Gasteiger partial charge in [-0.1, -0.05) is 24.3 Å². The number of aryl methyl sites for hydroxylation is 1. The Bertz CT molecular complexity index is 1200. The molecule has 166 valence electrons. The normalized spacial score (nSPS) is 13.2. The molecule has 4 rings (SSSR count). The summed E-state index contributed by atoms with van der Waals surface area (Å²) in [7, 11) is 0. The molecule has 1 aliphatic rings. The summed E-state index contributed by atoms with van der Waals surface area (Å²) in [5.41, 5.74) is 3.21. The fourth-order valence-electron chi connectivity index (χ4n) is 3.62. The van der Waals surface area contributed by atoms with Gasteiger partial charge in [0.05, 0.1) is 11.6 Å². The molecule has 3 amide bonds. The van der Waals surface area contributed by atoms with Gasteiger partial charge in [0, 0.05) is 49.3 Å². The van der Waals surface area contributed by atoms with Gasteiger partial charge in [0.2, 0.25) is 0 Å². The summed E-state index contributed by atoms with van der Waals surface area (Å²) in [6.07, 6.45) is 1.62. The Balaban J connectivity index is 1.38. The summed E-state index contributed by atoms with van der Waals surface area (Å²) >= 11 is 0. The smallest absolute Gasteiger partial charge is 0.321 e.